The number of methoxy groups -OCH3 is 1. The molecule has 19 heavy (non-hydrogen) atoms. The van der Waals surface area contributed by atoms with Gasteiger partial charge in [0, 0.05) is 14.2 Å². The second kappa shape index (κ2) is 7.05. The highest BCUT2D eigenvalue weighted by Gasteiger charge is 2.16. The lowest BCUT2D eigenvalue weighted by Gasteiger charge is -2.24. The van der Waals surface area contributed by atoms with E-state index < -0.39 is 0 Å². The van der Waals surface area contributed by atoms with E-state index in [2.05, 4.69) is 20.4 Å². The number of aromatic nitrogens is 3. The first-order chi connectivity index (χ1) is 8.97. The number of ether oxygens (including phenoxy) is 2. The topological polar surface area (TPSA) is 98.4 Å². The van der Waals surface area contributed by atoms with E-state index in [4.69, 9.17) is 15.3 Å². The molecule has 1 heterocycles. The summed E-state index contributed by atoms with van der Waals surface area (Å²) in [5, 5.41) is 0. The summed E-state index contributed by atoms with van der Waals surface area (Å²) in [7, 11) is 3.52. The average Bonchev–Trinajstić information content (AvgIpc) is 2.36. The van der Waals surface area contributed by atoms with Crippen LogP contribution in [0.2, 0.25) is 0 Å². The first-order valence-electron chi connectivity index (χ1n) is 6.09. The van der Waals surface area contributed by atoms with Crippen molar-refractivity contribution in [3.63, 3.8) is 0 Å². The van der Waals surface area contributed by atoms with Crippen molar-refractivity contribution >= 4 is 11.9 Å². The molecule has 0 bridgehead atoms. The van der Waals surface area contributed by atoms with Crippen molar-refractivity contribution in [2.45, 2.75) is 32.9 Å². The first-order valence-corrected chi connectivity index (χ1v) is 6.09. The second-order valence-electron chi connectivity index (χ2n) is 4.47. The molecular weight excluding hydrogens is 248 g/mol. The highest BCUT2D eigenvalue weighted by Crippen LogP contribution is 2.16. The number of hydrogen-bond donors (Lipinski definition) is 2. The van der Waals surface area contributed by atoms with Crippen LogP contribution >= 0.6 is 0 Å². The SMILES string of the molecule is COCC(C)N(C)c1nc(NN)nc(OC(C)C)n1. The summed E-state index contributed by atoms with van der Waals surface area (Å²) in [5.74, 6) is 6.09. The summed E-state index contributed by atoms with van der Waals surface area (Å²) in [6, 6.07) is 0.356. The summed E-state index contributed by atoms with van der Waals surface area (Å²) in [4.78, 5) is 14.4. The molecule has 1 unspecified atom stereocenters. The Morgan fingerprint density at radius 3 is 2.47 bits per heavy atom. The minimum atomic E-state index is -0.0254. The smallest absolute Gasteiger partial charge is 0.323 e. The Morgan fingerprint density at radius 2 is 1.95 bits per heavy atom. The summed E-state index contributed by atoms with van der Waals surface area (Å²) >= 11 is 0. The van der Waals surface area contributed by atoms with Gasteiger partial charge in [-0.1, -0.05) is 0 Å². The van der Waals surface area contributed by atoms with E-state index in [-0.39, 0.29) is 24.1 Å². The van der Waals surface area contributed by atoms with E-state index in [9.17, 15) is 0 Å². The first kappa shape index (κ1) is 15.4. The fourth-order valence-corrected chi connectivity index (χ4v) is 1.38. The third-order valence-corrected chi connectivity index (χ3v) is 2.46. The maximum absolute atomic E-state index is 5.47. The van der Waals surface area contributed by atoms with Crippen molar-refractivity contribution in [2.75, 3.05) is 31.1 Å². The quantitative estimate of drug-likeness (QED) is 0.543. The van der Waals surface area contributed by atoms with Crippen LogP contribution in [0.3, 0.4) is 0 Å². The number of anilines is 2. The number of nitrogens with two attached hydrogens (primary N) is 1. The summed E-state index contributed by atoms with van der Waals surface area (Å²) in [5.41, 5.74) is 2.41. The van der Waals surface area contributed by atoms with E-state index in [1.165, 1.54) is 0 Å². The van der Waals surface area contributed by atoms with Gasteiger partial charge in [0.25, 0.3) is 0 Å². The molecule has 1 aromatic heterocycles. The van der Waals surface area contributed by atoms with Crippen LogP contribution in [0.25, 0.3) is 0 Å². The molecule has 0 aliphatic carbocycles. The van der Waals surface area contributed by atoms with E-state index in [1.54, 1.807) is 7.11 Å². The largest absolute Gasteiger partial charge is 0.461 e. The van der Waals surface area contributed by atoms with Gasteiger partial charge in [0.2, 0.25) is 11.9 Å². The van der Waals surface area contributed by atoms with Gasteiger partial charge in [0.15, 0.2) is 0 Å². The zero-order valence-electron chi connectivity index (χ0n) is 12.0. The molecule has 0 saturated carbocycles. The monoisotopic (exact) mass is 270 g/mol. The number of nitrogens with one attached hydrogen (secondary N) is 1. The predicted octanol–water partition coefficient (Wildman–Crippen LogP) is 0.416. The van der Waals surface area contributed by atoms with Gasteiger partial charge in [-0.3, -0.25) is 5.43 Å². The van der Waals surface area contributed by atoms with Crippen LogP contribution in [0, 0.1) is 0 Å². The van der Waals surface area contributed by atoms with Gasteiger partial charge in [-0.2, -0.15) is 15.0 Å². The minimum Gasteiger partial charge on any atom is -0.461 e. The molecule has 8 heteroatoms. The Morgan fingerprint density at radius 1 is 1.26 bits per heavy atom. The van der Waals surface area contributed by atoms with Gasteiger partial charge in [-0.05, 0) is 20.8 Å². The van der Waals surface area contributed by atoms with Gasteiger partial charge in [0.1, 0.15) is 0 Å². The molecule has 0 spiro atoms. The fourth-order valence-electron chi connectivity index (χ4n) is 1.38. The molecule has 3 N–H and O–H groups in total. The number of nitrogen functional groups attached to an aromatic ring is 1. The molecular formula is C11H22N6O2. The maximum atomic E-state index is 5.47. The molecule has 1 aromatic rings. The lowest BCUT2D eigenvalue weighted by molar-refractivity contribution is 0.182. The number of nitrogens with zero attached hydrogens (tertiary/aromatic N) is 4. The van der Waals surface area contributed by atoms with Crippen molar-refractivity contribution in [3.05, 3.63) is 0 Å². The van der Waals surface area contributed by atoms with Crippen LogP contribution in [-0.2, 0) is 4.74 Å². The fraction of sp³-hybridized carbons (Fsp3) is 0.727. The zero-order valence-corrected chi connectivity index (χ0v) is 12.0. The van der Waals surface area contributed by atoms with E-state index in [1.807, 2.05) is 32.7 Å². The lowest BCUT2D eigenvalue weighted by atomic mass is 10.3. The third kappa shape index (κ3) is 4.49. The molecule has 108 valence electrons. The summed E-state index contributed by atoms with van der Waals surface area (Å²) < 4.78 is 10.6. The second-order valence-corrected chi connectivity index (χ2v) is 4.47. The average molecular weight is 270 g/mol. The molecule has 0 aromatic carbocycles. The van der Waals surface area contributed by atoms with Crippen LogP contribution in [0.4, 0.5) is 11.9 Å². The lowest BCUT2D eigenvalue weighted by Crippen LogP contribution is -2.34. The van der Waals surface area contributed by atoms with Crippen LogP contribution < -0.4 is 20.9 Å². The van der Waals surface area contributed by atoms with Crippen molar-refractivity contribution in [1.29, 1.82) is 0 Å². The standard InChI is InChI=1S/C11H22N6O2/c1-7(2)19-11-14-9(16-12)13-10(15-11)17(4)8(3)6-18-5/h7-8H,6,12H2,1-5H3,(H,13,14,15,16). The van der Waals surface area contributed by atoms with E-state index >= 15 is 0 Å². The molecule has 0 fully saturated rings. The highest BCUT2D eigenvalue weighted by molar-refractivity contribution is 5.37. The van der Waals surface area contributed by atoms with E-state index in [0.29, 0.717) is 12.6 Å². The molecule has 1 rings (SSSR count). The van der Waals surface area contributed by atoms with Crippen LogP contribution in [0.15, 0.2) is 0 Å². The summed E-state index contributed by atoms with van der Waals surface area (Å²) in [6.07, 6.45) is -0.0254. The van der Waals surface area contributed by atoms with Crippen LogP contribution in [0.1, 0.15) is 20.8 Å². The molecule has 0 radical (unpaired) electrons. The third-order valence-electron chi connectivity index (χ3n) is 2.46. The molecule has 1 atom stereocenters. The Kier molecular flexibility index (Phi) is 5.71. The zero-order chi connectivity index (χ0) is 14.4. The molecule has 0 aliphatic heterocycles. The highest BCUT2D eigenvalue weighted by atomic mass is 16.5. The molecule has 0 aliphatic rings. The van der Waals surface area contributed by atoms with E-state index in [0.717, 1.165) is 0 Å². The normalized spacial score (nSPS) is 12.4. The van der Waals surface area contributed by atoms with Crippen molar-refractivity contribution in [1.82, 2.24) is 15.0 Å². The maximum Gasteiger partial charge on any atom is 0.323 e. The van der Waals surface area contributed by atoms with Gasteiger partial charge in [-0.15, -0.1) is 0 Å². The number of likely N-dealkylation sites (N-methyl/N-ethyl adjacent to an activating group) is 1. The Labute approximate surface area is 113 Å². The van der Waals surface area contributed by atoms with Gasteiger partial charge >= 0.3 is 6.01 Å². The predicted molar refractivity (Wildman–Crippen MR) is 73.1 cm³/mol. The molecule has 8 nitrogen and oxygen atoms in total. The van der Waals surface area contributed by atoms with Crippen LogP contribution in [-0.4, -0.2) is 47.9 Å². The molecule has 0 saturated heterocycles. The number of hydrogen-bond acceptors (Lipinski definition) is 8. The van der Waals surface area contributed by atoms with Gasteiger partial charge in [0.05, 0.1) is 18.8 Å². The van der Waals surface area contributed by atoms with Crippen molar-refractivity contribution in [3.8, 4) is 6.01 Å². The van der Waals surface area contributed by atoms with Crippen molar-refractivity contribution in [2.24, 2.45) is 5.84 Å². The summed E-state index contributed by atoms with van der Waals surface area (Å²) in [6.45, 7) is 6.37. The number of hydrazine groups is 1. The molecule has 0 amide bonds. The number of rotatable bonds is 7. The Bertz CT molecular complexity index is 401. The minimum absolute atomic E-state index is 0.0254. The van der Waals surface area contributed by atoms with Gasteiger partial charge in [-0.25, -0.2) is 5.84 Å². The van der Waals surface area contributed by atoms with Crippen LogP contribution in [0.5, 0.6) is 6.01 Å². The Hall–Kier alpha value is -1.67. The van der Waals surface area contributed by atoms with Crippen molar-refractivity contribution < 1.29 is 9.47 Å². The Balaban J connectivity index is 2.98. The van der Waals surface area contributed by atoms with Gasteiger partial charge < -0.3 is 14.4 Å².